The SMILES string of the molecule is CCCC(C)OC(=S)N(C(C)C)C(C)C. The van der Waals surface area contributed by atoms with Gasteiger partial charge in [-0.1, -0.05) is 13.3 Å². The third-order valence-corrected chi connectivity index (χ3v) is 2.63. The third kappa shape index (κ3) is 5.36. The van der Waals surface area contributed by atoms with E-state index in [4.69, 9.17) is 17.0 Å². The van der Waals surface area contributed by atoms with Crippen LogP contribution in [0.5, 0.6) is 0 Å². The number of hydrogen-bond acceptors (Lipinski definition) is 2. The molecule has 0 fully saturated rings. The Bertz CT molecular complexity index is 184. The first-order valence-corrected chi connectivity index (χ1v) is 6.29. The normalized spacial score (nSPS) is 13.1. The molecule has 0 aromatic carbocycles. The Morgan fingerprint density at radius 3 is 1.93 bits per heavy atom. The Morgan fingerprint density at radius 1 is 1.13 bits per heavy atom. The minimum absolute atomic E-state index is 0.225. The van der Waals surface area contributed by atoms with Crippen molar-refractivity contribution in [3.8, 4) is 0 Å². The van der Waals surface area contributed by atoms with Gasteiger partial charge in [0.2, 0.25) is 0 Å². The lowest BCUT2D eigenvalue weighted by molar-refractivity contribution is 0.140. The van der Waals surface area contributed by atoms with Crippen LogP contribution in [0.1, 0.15) is 54.4 Å². The van der Waals surface area contributed by atoms with Crippen molar-refractivity contribution >= 4 is 17.4 Å². The molecule has 0 aromatic rings. The topological polar surface area (TPSA) is 12.5 Å². The quantitative estimate of drug-likeness (QED) is 0.671. The Hall–Kier alpha value is -0.310. The van der Waals surface area contributed by atoms with E-state index in [0.29, 0.717) is 17.3 Å². The molecular formula is C12H25NOS. The second kappa shape index (κ2) is 7.04. The van der Waals surface area contributed by atoms with Crippen molar-refractivity contribution in [2.45, 2.75) is 72.6 Å². The highest BCUT2D eigenvalue weighted by Crippen LogP contribution is 2.11. The summed E-state index contributed by atoms with van der Waals surface area (Å²) in [5, 5.41) is 0.640. The molecule has 0 aliphatic carbocycles. The monoisotopic (exact) mass is 231 g/mol. The smallest absolute Gasteiger partial charge is 0.260 e. The lowest BCUT2D eigenvalue weighted by Crippen LogP contribution is -2.43. The molecule has 15 heavy (non-hydrogen) atoms. The van der Waals surface area contributed by atoms with Crippen LogP contribution < -0.4 is 0 Å². The van der Waals surface area contributed by atoms with Gasteiger partial charge in [0, 0.05) is 12.1 Å². The molecule has 0 aliphatic heterocycles. The van der Waals surface area contributed by atoms with Gasteiger partial charge in [-0.3, -0.25) is 0 Å². The highest BCUT2D eigenvalue weighted by atomic mass is 32.1. The Balaban J connectivity index is 4.26. The summed E-state index contributed by atoms with van der Waals surface area (Å²) in [7, 11) is 0. The molecule has 0 amide bonds. The van der Waals surface area contributed by atoms with E-state index in [0.717, 1.165) is 12.8 Å². The van der Waals surface area contributed by atoms with Gasteiger partial charge in [-0.25, -0.2) is 0 Å². The average Bonchev–Trinajstić information content (AvgIpc) is 2.01. The summed E-state index contributed by atoms with van der Waals surface area (Å²) in [6.45, 7) is 12.8. The van der Waals surface area contributed by atoms with Gasteiger partial charge < -0.3 is 9.64 Å². The largest absolute Gasteiger partial charge is 0.468 e. The van der Waals surface area contributed by atoms with Crippen LogP contribution in [-0.2, 0) is 4.74 Å². The van der Waals surface area contributed by atoms with E-state index in [1.807, 2.05) is 0 Å². The molecule has 90 valence electrons. The van der Waals surface area contributed by atoms with Crippen LogP contribution in [0, 0.1) is 0 Å². The van der Waals surface area contributed by atoms with E-state index in [-0.39, 0.29) is 6.10 Å². The van der Waals surface area contributed by atoms with Gasteiger partial charge in [-0.2, -0.15) is 0 Å². The number of nitrogens with zero attached hydrogens (tertiary/aromatic N) is 1. The molecule has 0 aliphatic rings. The van der Waals surface area contributed by atoms with Crippen LogP contribution in [0.25, 0.3) is 0 Å². The van der Waals surface area contributed by atoms with Crippen LogP contribution in [0.4, 0.5) is 0 Å². The van der Waals surface area contributed by atoms with E-state index in [1.54, 1.807) is 0 Å². The summed E-state index contributed by atoms with van der Waals surface area (Å²) in [6, 6.07) is 0.789. The Kier molecular flexibility index (Phi) is 6.90. The molecule has 2 nitrogen and oxygen atoms in total. The summed E-state index contributed by atoms with van der Waals surface area (Å²) in [5.74, 6) is 0. The highest BCUT2D eigenvalue weighted by Gasteiger charge is 2.19. The zero-order valence-electron chi connectivity index (χ0n) is 10.9. The highest BCUT2D eigenvalue weighted by molar-refractivity contribution is 7.80. The molecule has 0 radical (unpaired) electrons. The van der Waals surface area contributed by atoms with Crippen LogP contribution >= 0.6 is 12.2 Å². The average molecular weight is 231 g/mol. The van der Waals surface area contributed by atoms with E-state index in [1.165, 1.54) is 0 Å². The van der Waals surface area contributed by atoms with Crippen molar-refractivity contribution < 1.29 is 4.74 Å². The fourth-order valence-electron chi connectivity index (χ4n) is 1.72. The van der Waals surface area contributed by atoms with E-state index >= 15 is 0 Å². The number of rotatable bonds is 5. The van der Waals surface area contributed by atoms with Crippen LogP contribution in [-0.4, -0.2) is 28.3 Å². The summed E-state index contributed by atoms with van der Waals surface area (Å²) in [6.07, 6.45) is 2.42. The van der Waals surface area contributed by atoms with Gasteiger partial charge in [0.15, 0.2) is 0 Å². The van der Waals surface area contributed by atoms with E-state index in [2.05, 4.69) is 46.4 Å². The van der Waals surface area contributed by atoms with Crippen molar-refractivity contribution in [2.24, 2.45) is 0 Å². The first-order valence-electron chi connectivity index (χ1n) is 5.89. The molecule has 0 N–H and O–H groups in total. The number of hydrogen-bond donors (Lipinski definition) is 0. The lowest BCUT2D eigenvalue weighted by atomic mass is 10.2. The van der Waals surface area contributed by atoms with Gasteiger partial charge in [0.05, 0.1) is 6.10 Å². The molecule has 0 saturated heterocycles. The van der Waals surface area contributed by atoms with Crippen LogP contribution in [0.3, 0.4) is 0 Å². The zero-order chi connectivity index (χ0) is 12.0. The summed E-state index contributed by atoms with van der Waals surface area (Å²) >= 11 is 5.32. The summed E-state index contributed by atoms with van der Waals surface area (Å²) in [4.78, 5) is 2.14. The minimum Gasteiger partial charge on any atom is -0.468 e. The predicted molar refractivity (Wildman–Crippen MR) is 70.2 cm³/mol. The van der Waals surface area contributed by atoms with Crippen molar-refractivity contribution in [2.75, 3.05) is 0 Å². The van der Waals surface area contributed by atoms with Gasteiger partial charge in [0.25, 0.3) is 5.17 Å². The maximum atomic E-state index is 5.73. The zero-order valence-corrected chi connectivity index (χ0v) is 11.7. The molecule has 0 spiro atoms. The number of ether oxygens (including phenoxy) is 1. The molecule has 0 aromatic heterocycles. The van der Waals surface area contributed by atoms with E-state index in [9.17, 15) is 0 Å². The molecule has 0 bridgehead atoms. The molecule has 1 unspecified atom stereocenters. The molecular weight excluding hydrogens is 206 g/mol. The van der Waals surface area contributed by atoms with E-state index < -0.39 is 0 Å². The molecule has 3 heteroatoms. The van der Waals surface area contributed by atoms with Gasteiger partial charge in [-0.05, 0) is 53.3 Å². The van der Waals surface area contributed by atoms with Crippen molar-refractivity contribution in [1.82, 2.24) is 4.90 Å². The van der Waals surface area contributed by atoms with Crippen molar-refractivity contribution in [3.05, 3.63) is 0 Å². The molecule has 0 saturated carbocycles. The third-order valence-electron chi connectivity index (χ3n) is 2.32. The molecule has 1 atom stereocenters. The second-order valence-corrected chi connectivity index (χ2v) is 4.93. The Labute approximate surface area is 100.0 Å². The first kappa shape index (κ1) is 14.7. The van der Waals surface area contributed by atoms with Crippen LogP contribution in [0.15, 0.2) is 0 Å². The van der Waals surface area contributed by atoms with Gasteiger partial charge >= 0.3 is 0 Å². The summed E-state index contributed by atoms with van der Waals surface area (Å²) in [5.41, 5.74) is 0. The lowest BCUT2D eigenvalue weighted by Gasteiger charge is -2.33. The van der Waals surface area contributed by atoms with Gasteiger partial charge in [0.1, 0.15) is 0 Å². The maximum Gasteiger partial charge on any atom is 0.260 e. The fourth-order valence-corrected chi connectivity index (χ4v) is 2.30. The van der Waals surface area contributed by atoms with Crippen LogP contribution in [0.2, 0.25) is 0 Å². The Morgan fingerprint density at radius 2 is 1.60 bits per heavy atom. The standard InChI is InChI=1S/C12H25NOS/c1-7-8-11(6)14-12(15)13(9(2)3)10(4)5/h9-11H,7-8H2,1-6H3. The molecule has 0 heterocycles. The van der Waals surface area contributed by atoms with Gasteiger partial charge in [-0.15, -0.1) is 0 Å². The minimum atomic E-state index is 0.225. The first-order chi connectivity index (χ1) is 6.90. The summed E-state index contributed by atoms with van der Waals surface area (Å²) < 4.78 is 5.73. The fraction of sp³-hybridized carbons (Fsp3) is 0.917. The van der Waals surface area contributed by atoms with Crippen molar-refractivity contribution in [3.63, 3.8) is 0 Å². The molecule has 0 rings (SSSR count). The van der Waals surface area contributed by atoms with Crippen molar-refractivity contribution in [1.29, 1.82) is 0 Å². The second-order valence-electron chi connectivity index (χ2n) is 4.58. The number of thiocarbonyl (C=S) groups is 1. The predicted octanol–water partition coefficient (Wildman–Crippen LogP) is 3.60. The maximum absolute atomic E-state index is 5.73.